The van der Waals surface area contributed by atoms with Gasteiger partial charge in [0.2, 0.25) is 10.0 Å². The second-order valence-corrected chi connectivity index (χ2v) is 4.59. The molecule has 0 rings (SSSR count). The summed E-state index contributed by atoms with van der Waals surface area (Å²) < 4.78 is 24.1. The first-order valence-corrected chi connectivity index (χ1v) is 5.84. The first-order chi connectivity index (χ1) is 5.62. The van der Waals surface area contributed by atoms with E-state index in [-0.39, 0.29) is 5.75 Å². The van der Waals surface area contributed by atoms with Crippen LogP contribution in [-0.4, -0.2) is 21.2 Å². The SMILES string of the molecule is CC/C=C/CCCS(=O)(=O)NC. The third-order valence-electron chi connectivity index (χ3n) is 1.50. The van der Waals surface area contributed by atoms with E-state index in [0.29, 0.717) is 6.42 Å². The molecule has 0 bridgehead atoms. The summed E-state index contributed by atoms with van der Waals surface area (Å²) in [5.41, 5.74) is 0. The van der Waals surface area contributed by atoms with E-state index in [1.165, 1.54) is 7.05 Å². The van der Waals surface area contributed by atoms with Gasteiger partial charge in [0.25, 0.3) is 0 Å². The van der Waals surface area contributed by atoms with E-state index < -0.39 is 10.0 Å². The van der Waals surface area contributed by atoms with Gasteiger partial charge in [-0.3, -0.25) is 0 Å². The highest BCUT2D eigenvalue weighted by atomic mass is 32.2. The van der Waals surface area contributed by atoms with E-state index in [0.717, 1.165) is 12.8 Å². The van der Waals surface area contributed by atoms with Crippen LogP contribution in [0.3, 0.4) is 0 Å². The fourth-order valence-electron chi connectivity index (χ4n) is 0.778. The van der Waals surface area contributed by atoms with Crippen LogP contribution in [0.2, 0.25) is 0 Å². The molecule has 0 unspecified atom stereocenters. The molecular weight excluding hydrogens is 174 g/mol. The summed E-state index contributed by atoms with van der Waals surface area (Å²) in [6, 6.07) is 0. The lowest BCUT2D eigenvalue weighted by Crippen LogP contribution is -2.21. The second kappa shape index (κ2) is 6.20. The number of hydrogen-bond donors (Lipinski definition) is 1. The molecule has 0 aliphatic carbocycles. The van der Waals surface area contributed by atoms with Gasteiger partial charge in [-0.1, -0.05) is 19.1 Å². The van der Waals surface area contributed by atoms with Crippen LogP contribution in [0.4, 0.5) is 0 Å². The van der Waals surface area contributed by atoms with Crippen molar-refractivity contribution in [2.45, 2.75) is 26.2 Å². The van der Waals surface area contributed by atoms with Crippen molar-refractivity contribution in [2.75, 3.05) is 12.8 Å². The monoisotopic (exact) mass is 191 g/mol. The molecule has 0 aromatic carbocycles. The first-order valence-electron chi connectivity index (χ1n) is 4.18. The maximum absolute atomic E-state index is 10.9. The standard InChI is InChI=1S/C8H17NO2S/c1-3-4-5-6-7-8-12(10,11)9-2/h4-5,9H,3,6-8H2,1-2H3/b5-4+. The van der Waals surface area contributed by atoms with Gasteiger partial charge in [-0.05, 0) is 26.3 Å². The molecule has 0 heterocycles. The molecule has 0 aromatic heterocycles. The van der Waals surface area contributed by atoms with Gasteiger partial charge < -0.3 is 0 Å². The first kappa shape index (κ1) is 11.6. The molecular formula is C8H17NO2S. The van der Waals surface area contributed by atoms with Gasteiger partial charge in [-0.15, -0.1) is 0 Å². The summed E-state index contributed by atoms with van der Waals surface area (Å²) in [6.07, 6.45) is 6.62. The lowest BCUT2D eigenvalue weighted by atomic mass is 10.3. The molecule has 0 aliphatic heterocycles. The summed E-state index contributed by atoms with van der Waals surface area (Å²) in [7, 11) is -1.55. The smallest absolute Gasteiger partial charge is 0.211 e. The van der Waals surface area contributed by atoms with Gasteiger partial charge >= 0.3 is 0 Å². The molecule has 4 heteroatoms. The Morgan fingerprint density at radius 1 is 1.33 bits per heavy atom. The highest BCUT2D eigenvalue weighted by Gasteiger charge is 2.03. The van der Waals surface area contributed by atoms with E-state index in [2.05, 4.69) is 11.6 Å². The van der Waals surface area contributed by atoms with Crippen LogP contribution in [0, 0.1) is 0 Å². The lowest BCUT2D eigenvalue weighted by molar-refractivity contribution is 0.585. The van der Waals surface area contributed by atoms with Gasteiger partial charge in [0.15, 0.2) is 0 Å². The van der Waals surface area contributed by atoms with Crippen LogP contribution in [0.25, 0.3) is 0 Å². The van der Waals surface area contributed by atoms with E-state index in [1.54, 1.807) is 0 Å². The topological polar surface area (TPSA) is 46.2 Å². The maximum Gasteiger partial charge on any atom is 0.211 e. The predicted octanol–water partition coefficient (Wildman–Crippen LogP) is 1.28. The summed E-state index contributed by atoms with van der Waals surface area (Å²) in [4.78, 5) is 0. The largest absolute Gasteiger partial charge is 0.218 e. The van der Waals surface area contributed by atoms with Crippen molar-refractivity contribution in [1.29, 1.82) is 0 Å². The number of sulfonamides is 1. The minimum atomic E-state index is -2.99. The van der Waals surface area contributed by atoms with Crippen LogP contribution >= 0.6 is 0 Å². The number of allylic oxidation sites excluding steroid dienone is 2. The van der Waals surface area contributed by atoms with Crippen molar-refractivity contribution in [2.24, 2.45) is 0 Å². The van der Waals surface area contributed by atoms with Crippen molar-refractivity contribution in [3.05, 3.63) is 12.2 Å². The molecule has 12 heavy (non-hydrogen) atoms. The molecule has 1 N–H and O–H groups in total. The minimum absolute atomic E-state index is 0.220. The maximum atomic E-state index is 10.9. The van der Waals surface area contributed by atoms with E-state index in [4.69, 9.17) is 0 Å². The summed E-state index contributed by atoms with van der Waals surface area (Å²) in [6.45, 7) is 2.06. The van der Waals surface area contributed by atoms with Gasteiger partial charge in [0.1, 0.15) is 0 Å². The number of rotatable bonds is 6. The molecule has 0 aromatic rings. The summed E-state index contributed by atoms with van der Waals surface area (Å²) in [5.74, 6) is 0.220. The molecule has 3 nitrogen and oxygen atoms in total. The Labute approximate surface area is 74.9 Å². The van der Waals surface area contributed by atoms with Gasteiger partial charge in [-0.2, -0.15) is 0 Å². The number of nitrogens with one attached hydrogen (secondary N) is 1. The molecule has 0 saturated carbocycles. The highest BCUT2D eigenvalue weighted by molar-refractivity contribution is 7.89. The van der Waals surface area contributed by atoms with Crippen LogP contribution in [0.1, 0.15) is 26.2 Å². The Balaban J connectivity index is 3.51. The van der Waals surface area contributed by atoms with Crippen LogP contribution in [0.15, 0.2) is 12.2 Å². The summed E-state index contributed by atoms with van der Waals surface area (Å²) in [5, 5.41) is 0. The Bertz CT molecular complexity index is 219. The number of unbranched alkanes of at least 4 members (excludes halogenated alkanes) is 1. The number of hydrogen-bond acceptors (Lipinski definition) is 2. The van der Waals surface area contributed by atoms with E-state index in [9.17, 15) is 8.42 Å². The van der Waals surface area contributed by atoms with Gasteiger partial charge in [-0.25, -0.2) is 13.1 Å². The average molecular weight is 191 g/mol. The van der Waals surface area contributed by atoms with Crippen molar-refractivity contribution >= 4 is 10.0 Å². The average Bonchev–Trinajstić information content (AvgIpc) is 2.04. The van der Waals surface area contributed by atoms with E-state index >= 15 is 0 Å². The third-order valence-corrected chi connectivity index (χ3v) is 2.95. The fourth-order valence-corrected chi connectivity index (χ4v) is 1.53. The Hall–Kier alpha value is -0.350. The van der Waals surface area contributed by atoms with Gasteiger partial charge in [0.05, 0.1) is 5.75 Å². The highest BCUT2D eigenvalue weighted by Crippen LogP contribution is 1.95. The zero-order chi connectivity index (χ0) is 9.45. The van der Waals surface area contributed by atoms with Gasteiger partial charge in [0, 0.05) is 0 Å². The van der Waals surface area contributed by atoms with Crippen LogP contribution in [0.5, 0.6) is 0 Å². The van der Waals surface area contributed by atoms with Crippen LogP contribution in [-0.2, 0) is 10.0 Å². The summed E-state index contributed by atoms with van der Waals surface area (Å²) >= 11 is 0. The van der Waals surface area contributed by atoms with Crippen molar-refractivity contribution in [3.8, 4) is 0 Å². The predicted molar refractivity (Wildman–Crippen MR) is 51.5 cm³/mol. The minimum Gasteiger partial charge on any atom is -0.218 e. The Kier molecular flexibility index (Phi) is 6.02. The molecule has 0 saturated heterocycles. The zero-order valence-corrected chi connectivity index (χ0v) is 8.52. The fraction of sp³-hybridized carbons (Fsp3) is 0.750. The van der Waals surface area contributed by atoms with E-state index in [1.807, 2.05) is 12.2 Å². The normalized spacial score (nSPS) is 12.5. The second-order valence-electron chi connectivity index (χ2n) is 2.54. The molecule has 72 valence electrons. The molecule has 0 atom stereocenters. The zero-order valence-electron chi connectivity index (χ0n) is 7.71. The molecule has 0 radical (unpaired) electrons. The Morgan fingerprint density at radius 3 is 2.50 bits per heavy atom. The lowest BCUT2D eigenvalue weighted by Gasteiger charge is -1.98. The molecule has 0 amide bonds. The van der Waals surface area contributed by atoms with Crippen molar-refractivity contribution < 1.29 is 8.42 Å². The van der Waals surface area contributed by atoms with Crippen LogP contribution < -0.4 is 4.72 Å². The molecule has 0 spiro atoms. The molecule has 0 fully saturated rings. The molecule has 0 aliphatic rings. The quantitative estimate of drug-likeness (QED) is 0.508. The third kappa shape index (κ3) is 6.37. The van der Waals surface area contributed by atoms with Crippen molar-refractivity contribution in [1.82, 2.24) is 4.72 Å². The Morgan fingerprint density at radius 2 is 2.00 bits per heavy atom. The van der Waals surface area contributed by atoms with Crippen molar-refractivity contribution in [3.63, 3.8) is 0 Å².